The number of nitrogens with zero attached hydrogens (tertiary/aromatic N) is 4. The van der Waals surface area contributed by atoms with Crippen molar-refractivity contribution in [2.24, 2.45) is 26.1 Å². The van der Waals surface area contributed by atoms with Crippen molar-refractivity contribution in [3.8, 4) is 0 Å². The van der Waals surface area contributed by atoms with Gasteiger partial charge in [-0.05, 0) is 15.9 Å². The van der Waals surface area contributed by atoms with Crippen LogP contribution in [0.3, 0.4) is 0 Å². The summed E-state index contributed by atoms with van der Waals surface area (Å²) in [5.41, 5.74) is -0.156. The Bertz CT molecular complexity index is 191. The van der Waals surface area contributed by atoms with Gasteiger partial charge < -0.3 is 0 Å². The van der Waals surface area contributed by atoms with Crippen molar-refractivity contribution < 1.29 is 4.39 Å². The van der Waals surface area contributed by atoms with E-state index in [4.69, 9.17) is 0 Å². The van der Waals surface area contributed by atoms with E-state index in [1.807, 2.05) is 20.8 Å². The minimum Gasteiger partial charge on any atom is -0.187 e. The van der Waals surface area contributed by atoms with Crippen molar-refractivity contribution in [2.75, 3.05) is 0 Å². The molecule has 0 aromatic heterocycles. The van der Waals surface area contributed by atoms with E-state index in [1.165, 1.54) is 0 Å². The minimum absolute atomic E-state index is 0.156. The normalized spacial score (nSPS) is 21.1. The van der Waals surface area contributed by atoms with Crippen LogP contribution in [0.2, 0.25) is 0 Å². The first-order valence-corrected chi connectivity index (χ1v) is 3.44. The zero-order chi connectivity index (χ0) is 8.54. The van der Waals surface area contributed by atoms with Crippen molar-refractivity contribution in [1.82, 2.24) is 0 Å². The fraction of sp³-hybridized carbons (Fsp3) is 1.00. The number of alkyl halides is 1. The molecule has 62 valence electrons. The Morgan fingerprint density at radius 1 is 1.18 bits per heavy atom. The lowest BCUT2D eigenvalue weighted by molar-refractivity contribution is 0.115. The average molecular weight is 158 g/mol. The fourth-order valence-corrected chi connectivity index (χ4v) is 0.943. The molecule has 1 rings (SSSR count). The van der Waals surface area contributed by atoms with Gasteiger partial charge in [-0.25, -0.2) is 0 Å². The molecule has 1 aliphatic rings. The molecule has 0 spiro atoms. The van der Waals surface area contributed by atoms with Crippen LogP contribution in [0.4, 0.5) is 4.39 Å². The minimum atomic E-state index is -1.90. The van der Waals surface area contributed by atoms with Crippen molar-refractivity contribution in [3.63, 3.8) is 0 Å². The lowest BCUT2D eigenvalue weighted by Gasteiger charge is -2.21. The zero-order valence-corrected chi connectivity index (χ0v) is 6.87. The maximum Gasteiger partial charge on any atom is 0.332 e. The van der Waals surface area contributed by atoms with Gasteiger partial charge in [-0.3, -0.25) is 0 Å². The van der Waals surface area contributed by atoms with Crippen molar-refractivity contribution in [3.05, 3.63) is 0 Å². The summed E-state index contributed by atoms with van der Waals surface area (Å²) >= 11 is 0. The van der Waals surface area contributed by atoms with Crippen LogP contribution in [0.25, 0.3) is 0 Å². The van der Waals surface area contributed by atoms with Gasteiger partial charge in [0.25, 0.3) is 0 Å². The van der Waals surface area contributed by atoms with Crippen molar-refractivity contribution in [1.29, 1.82) is 0 Å². The molecule has 0 fully saturated rings. The predicted octanol–water partition coefficient (Wildman–Crippen LogP) is 2.88. The average Bonchev–Trinajstić information content (AvgIpc) is 2.09. The third-order valence-corrected chi connectivity index (χ3v) is 1.19. The smallest absolute Gasteiger partial charge is 0.187 e. The van der Waals surface area contributed by atoms with Gasteiger partial charge in [0.05, 0.1) is 0 Å². The first-order valence-electron chi connectivity index (χ1n) is 3.44. The highest BCUT2D eigenvalue weighted by Crippen LogP contribution is 2.34. The maximum atomic E-state index is 13.3. The van der Waals surface area contributed by atoms with E-state index in [1.54, 1.807) is 0 Å². The maximum absolute atomic E-state index is 13.3. The standard InChI is InChI=1S/C6H11FN4/c1-5(2,3)4-6(7)8-10-11-9-6/h4H2,1-3H3. The second-order valence-electron chi connectivity index (χ2n) is 3.84. The Labute approximate surface area is 64.6 Å². The lowest BCUT2D eigenvalue weighted by atomic mass is 9.90. The summed E-state index contributed by atoms with van der Waals surface area (Å²) in [6.45, 7) is 5.74. The summed E-state index contributed by atoms with van der Waals surface area (Å²) in [5, 5.41) is 12.8. The topological polar surface area (TPSA) is 49.4 Å². The number of rotatable bonds is 1. The van der Waals surface area contributed by atoms with Crippen LogP contribution >= 0.6 is 0 Å². The van der Waals surface area contributed by atoms with Gasteiger partial charge in [0.2, 0.25) is 0 Å². The summed E-state index contributed by atoms with van der Waals surface area (Å²) in [4.78, 5) is 0. The van der Waals surface area contributed by atoms with Gasteiger partial charge in [-0.15, -0.1) is 10.2 Å². The Morgan fingerprint density at radius 2 is 1.64 bits per heavy atom. The highest BCUT2D eigenvalue weighted by atomic mass is 19.1. The molecule has 0 saturated heterocycles. The van der Waals surface area contributed by atoms with Gasteiger partial charge in [0, 0.05) is 6.42 Å². The van der Waals surface area contributed by atoms with Crippen LogP contribution in [0.1, 0.15) is 27.2 Å². The molecular weight excluding hydrogens is 147 g/mol. The van der Waals surface area contributed by atoms with Crippen LogP contribution in [-0.4, -0.2) is 5.92 Å². The van der Waals surface area contributed by atoms with E-state index in [-0.39, 0.29) is 11.8 Å². The SMILES string of the molecule is CC(C)(C)CC1(F)N=NN=N1. The molecule has 0 atom stereocenters. The van der Waals surface area contributed by atoms with Gasteiger partial charge in [-0.2, -0.15) is 4.39 Å². The zero-order valence-electron chi connectivity index (χ0n) is 6.87. The Hall–Kier alpha value is -0.870. The summed E-state index contributed by atoms with van der Waals surface area (Å²) in [7, 11) is 0. The molecule has 0 saturated carbocycles. The first-order chi connectivity index (χ1) is 4.91. The third kappa shape index (κ3) is 2.32. The molecule has 0 N–H and O–H groups in total. The summed E-state index contributed by atoms with van der Waals surface area (Å²) in [6, 6.07) is 0. The van der Waals surface area contributed by atoms with Crippen LogP contribution in [0.15, 0.2) is 20.7 Å². The molecule has 0 unspecified atom stereocenters. The highest BCUT2D eigenvalue weighted by Gasteiger charge is 2.37. The molecule has 0 aromatic carbocycles. The monoisotopic (exact) mass is 158 g/mol. The molecule has 0 aliphatic carbocycles. The quantitative estimate of drug-likeness (QED) is 0.527. The van der Waals surface area contributed by atoms with Gasteiger partial charge >= 0.3 is 5.92 Å². The molecule has 11 heavy (non-hydrogen) atoms. The number of hydrogen-bond acceptors (Lipinski definition) is 4. The van der Waals surface area contributed by atoms with Gasteiger partial charge in [0.1, 0.15) is 0 Å². The Balaban J connectivity index is 2.62. The van der Waals surface area contributed by atoms with Crippen LogP contribution < -0.4 is 0 Å². The molecule has 0 aromatic rings. The van der Waals surface area contributed by atoms with E-state index in [0.29, 0.717) is 0 Å². The fourth-order valence-electron chi connectivity index (χ4n) is 0.943. The molecule has 0 radical (unpaired) electrons. The largest absolute Gasteiger partial charge is 0.332 e. The van der Waals surface area contributed by atoms with Crippen LogP contribution in [0.5, 0.6) is 0 Å². The summed E-state index contributed by atoms with van der Waals surface area (Å²) < 4.78 is 13.3. The van der Waals surface area contributed by atoms with Gasteiger partial charge in [0.15, 0.2) is 0 Å². The summed E-state index contributed by atoms with van der Waals surface area (Å²) in [6.07, 6.45) is 0.215. The van der Waals surface area contributed by atoms with E-state index >= 15 is 0 Å². The van der Waals surface area contributed by atoms with Crippen molar-refractivity contribution >= 4 is 0 Å². The molecule has 0 bridgehead atoms. The molecule has 5 heteroatoms. The molecular formula is C6H11FN4. The molecule has 4 nitrogen and oxygen atoms in total. The van der Waals surface area contributed by atoms with E-state index in [0.717, 1.165) is 0 Å². The second-order valence-corrected chi connectivity index (χ2v) is 3.84. The summed E-state index contributed by atoms with van der Waals surface area (Å²) in [5.74, 6) is -1.90. The van der Waals surface area contributed by atoms with Crippen LogP contribution in [0, 0.1) is 5.41 Å². The van der Waals surface area contributed by atoms with E-state index in [9.17, 15) is 4.39 Å². The van der Waals surface area contributed by atoms with Gasteiger partial charge in [-0.1, -0.05) is 20.8 Å². The molecule has 1 aliphatic heterocycles. The number of halogens is 1. The van der Waals surface area contributed by atoms with Crippen molar-refractivity contribution in [2.45, 2.75) is 33.1 Å². The predicted molar refractivity (Wildman–Crippen MR) is 37.6 cm³/mol. The third-order valence-electron chi connectivity index (χ3n) is 1.19. The molecule has 0 amide bonds. The Kier molecular flexibility index (Phi) is 1.74. The number of hydrogen-bond donors (Lipinski definition) is 0. The molecule has 1 heterocycles. The first kappa shape index (κ1) is 8.23. The van der Waals surface area contributed by atoms with Crippen LogP contribution in [-0.2, 0) is 0 Å². The lowest BCUT2D eigenvalue weighted by Crippen LogP contribution is -2.22. The van der Waals surface area contributed by atoms with E-state index in [2.05, 4.69) is 20.7 Å². The highest BCUT2D eigenvalue weighted by molar-refractivity contribution is 4.78. The second kappa shape index (κ2) is 2.32. The Morgan fingerprint density at radius 3 is 2.00 bits per heavy atom. The van der Waals surface area contributed by atoms with E-state index < -0.39 is 5.92 Å².